The summed E-state index contributed by atoms with van der Waals surface area (Å²) in [4.78, 5) is 10.1. The molecule has 5 aromatic rings. The third kappa shape index (κ3) is 5.30. The highest BCUT2D eigenvalue weighted by Gasteiger charge is 2.29. The van der Waals surface area contributed by atoms with Crippen LogP contribution in [0, 0.1) is 0 Å². The molecule has 3 aliphatic rings. The lowest BCUT2D eigenvalue weighted by atomic mass is 9.72. The fourth-order valence-electron chi connectivity index (χ4n) is 6.67. The van der Waals surface area contributed by atoms with E-state index >= 15 is 0 Å². The van der Waals surface area contributed by atoms with E-state index in [2.05, 4.69) is 125 Å². The maximum absolute atomic E-state index is 6.31. The van der Waals surface area contributed by atoms with Gasteiger partial charge in [0.1, 0.15) is 7.85 Å². The van der Waals surface area contributed by atoms with Gasteiger partial charge in [0.25, 0.3) is 0 Å². The fourth-order valence-corrected chi connectivity index (χ4v) is 7.09. The van der Waals surface area contributed by atoms with Gasteiger partial charge in [-0.2, -0.15) is 0 Å². The maximum atomic E-state index is 6.31. The van der Waals surface area contributed by atoms with Crippen LogP contribution in [0.3, 0.4) is 0 Å². The lowest BCUT2D eigenvalue weighted by molar-refractivity contribution is 0.868. The zero-order valence-electron chi connectivity index (χ0n) is 24.6. The summed E-state index contributed by atoms with van der Waals surface area (Å²) >= 11 is 3.62. The first kappa shape index (κ1) is 27.7. The van der Waals surface area contributed by atoms with Gasteiger partial charge in [-0.3, -0.25) is 0 Å². The number of benzene rings is 4. The Kier molecular flexibility index (Phi) is 7.16. The molecule has 4 aromatic carbocycles. The van der Waals surface area contributed by atoms with Crippen LogP contribution in [-0.2, 0) is 0 Å². The molecule has 0 bridgehead atoms. The molecule has 1 heterocycles. The minimum atomic E-state index is 0.397. The van der Waals surface area contributed by atoms with Crippen molar-refractivity contribution in [2.75, 3.05) is 0 Å². The van der Waals surface area contributed by atoms with Gasteiger partial charge in [0.15, 0.2) is 5.82 Å². The van der Waals surface area contributed by atoms with Gasteiger partial charge in [0.2, 0.25) is 0 Å². The van der Waals surface area contributed by atoms with Crippen molar-refractivity contribution in [2.24, 2.45) is 0 Å². The van der Waals surface area contributed by atoms with Gasteiger partial charge < -0.3 is 0 Å². The Bertz CT molecular complexity index is 2130. The topological polar surface area (TPSA) is 25.8 Å². The first-order valence-corrected chi connectivity index (χ1v) is 16.1. The lowest BCUT2D eigenvalue weighted by Crippen LogP contribution is -2.11. The molecule has 0 fully saturated rings. The Hall–Kier alpha value is -4.80. The molecule has 45 heavy (non-hydrogen) atoms. The largest absolute Gasteiger partial charge is 0.228 e. The molecule has 1 atom stereocenters. The first-order chi connectivity index (χ1) is 22.1. The third-order valence-corrected chi connectivity index (χ3v) is 9.38. The molecule has 0 amide bonds. The minimum absolute atomic E-state index is 0.397. The van der Waals surface area contributed by atoms with Gasteiger partial charge in [-0.05, 0) is 80.1 Å². The number of hydrogen-bond donors (Lipinski definition) is 0. The molecule has 8 rings (SSSR count). The van der Waals surface area contributed by atoms with Crippen LogP contribution in [0.5, 0.6) is 0 Å². The van der Waals surface area contributed by atoms with Crippen LogP contribution in [0.4, 0.5) is 0 Å². The van der Waals surface area contributed by atoms with E-state index in [4.69, 9.17) is 17.8 Å². The highest BCUT2D eigenvalue weighted by molar-refractivity contribution is 9.11. The molecule has 0 N–H and O–H groups in total. The normalized spacial score (nSPS) is 16.7. The van der Waals surface area contributed by atoms with Crippen molar-refractivity contribution >= 4 is 34.9 Å². The van der Waals surface area contributed by atoms with E-state index in [9.17, 15) is 0 Å². The second kappa shape index (κ2) is 11.6. The molecule has 0 saturated heterocycles. The van der Waals surface area contributed by atoms with Crippen LogP contribution < -0.4 is 0 Å². The Labute approximate surface area is 273 Å². The predicted molar refractivity (Wildman–Crippen MR) is 192 cm³/mol. The van der Waals surface area contributed by atoms with Gasteiger partial charge in [-0.15, -0.1) is 0 Å². The van der Waals surface area contributed by atoms with Crippen molar-refractivity contribution in [1.29, 1.82) is 0 Å². The number of fused-ring (bicyclic) bond motifs is 6. The van der Waals surface area contributed by atoms with Crippen molar-refractivity contribution < 1.29 is 0 Å². The highest BCUT2D eigenvalue weighted by atomic mass is 79.9. The van der Waals surface area contributed by atoms with Gasteiger partial charge in [-0.1, -0.05) is 143 Å². The molecule has 212 valence electrons. The number of halogens is 1. The number of allylic oxidation sites excluding steroid dienone is 10. The number of aromatic nitrogens is 2. The molecule has 2 nitrogen and oxygen atoms in total. The molecule has 4 heteroatoms. The van der Waals surface area contributed by atoms with E-state index in [0.29, 0.717) is 17.2 Å². The second-order valence-corrected chi connectivity index (χ2v) is 12.7. The molecule has 1 aromatic heterocycles. The molecular formula is C41H28BBrN2. The minimum Gasteiger partial charge on any atom is -0.228 e. The summed E-state index contributed by atoms with van der Waals surface area (Å²) in [6.07, 6.45) is 14.7. The van der Waals surface area contributed by atoms with Crippen LogP contribution >= 0.6 is 15.9 Å². The van der Waals surface area contributed by atoms with Gasteiger partial charge >= 0.3 is 0 Å². The van der Waals surface area contributed by atoms with E-state index < -0.39 is 0 Å². The van der Waals surface area contributed by atoms with Crippen LogP contribution in [0.1, 0.15) is 35.6 Å². The first-order valence-electron chi connectivity index (χ1n) is 15.3. The smallest absolute Gasteiger partial charge is 0.160 e. The van der Waals surface area contributed by atoms with Crippen LogP contribution in [0.2, 0.25) is 0 Å². The third-order valence-electron chi connectivity index (χ3n) is 8.82. The van der Waals surface area contributed by atoms with E-state index in [1.165, 1.54) is 33.4 Å². The summed E-state index contributed by atoms with van der Waals surface area (Å²) < 4.78 is 1.04. The molecule has 1 unspecified atom stereocenters. The average molecular weight is 639 g/mol. The maximum Gasteiger partial charge on any atom is 0.160 e. The quantitative estimate of drug-likeness (QED) is 0.183. The predicted octanol–water partition coefficient (Wildman–Crippen LogP) is 10.7. The average Bonchev–Trinajstić information content (AvgIpc) is 3.27. The summed E-state index contributed by atoms with van der Waals surface area (Å²) in [6.45, 7) is 0. The van der Waals surface area contributed by atoms with E-state index in [1.54, 1.807) is 0 Å². The zero-order valence-corrected chi connectivity index (χ0v) is 26.2. The number of rotatable bonds is 4. The Morgan fingerprint density at radius 3 is 2.36 bits per heavy atom. The number of nitrogens with zero attached hydrogens (tertiary/aromatic N) is 2. The molecular weight excluding hydrogens is 611 g/mol. The van der Waals surface area contributed by atoms with Crippen molar-refractivity contribution in [3.8, 4) is 44.9 Å². The zero-order chi connectivity index (χ0) is 30.3. The fraction of sp³-hybridized carbons (Fsp3) is 0.0732. The van der Waals surface area contributed by atoms with E-state index in [-0.39, 0.29) is 0 Å². The Morgan fingerprint density at radius 1 is 0.667 bits per heavy atom. The Morgan fingerprint density at radius 2 is 1.44 bits per heavy atom. The van der Waals surface area contributed by atoms with Crippen molar-refractivity contribution in [1.82, 2.24) is 9.97 Å². The molecule has 0 spiro atoms. The van der Waals surface area contributed by atoms with Crippen LogP contribution in [-0.4, -0.2) is 17.8 Å². The molecule has 3 aliphatic carbocycles. The van der Waals surface area contributed by atoms with Crippen molar-refractivity contribution in [3.05, 3.63) is 166 Å². The molecule has 2 radical (unpaired) electrons. The van der Waals surface area contributed by atoms with E-state index in [0.717, 1.165) is 51.0 Å². The summed E-state index contributed by atoms with van der Waals surface area (Å²) in [5.41, 5.74) is 14.6. The summed E-state index contributed by atoms with van der Waals surface area (Å²) in [5, 5.41) is 0. The summed E-state index contributed by atoms with van der Waals surface area (Å²) in [6, 6.07) is 36.7. The van der Waals surface area contributed by atoms with Crippen molar-refractivity contribution in [2.45, 2.75) is 18.8 Å². The SMILES string of the molecule is [B]C1=CC(c2cc(-c3cccc(-c4ccc5c(c4)C4=CC=CCC4c4ccccc4-5)c3)nc(-c3ccccc3)n2)=CCC(Br)=C1. The highest BCUT2D eigenvalue weighted by Crippen LogP contribution is 2.50. The molecule has 0 saturated carbocycles. The lowest BCUT2D eigenvalue weighted by Gasteiger charge is -2.32. The standard InChI is InChI=1S/C41H28BBrN2/c42-31-22-30(17-19-32(43)24-31)40-25-39(44-41(45-40)26-9-2-1-3-10-26)29-12-8-11-27(21-29)28-18-20-37-35-15-5-4-13-33(35)34-14-6-7-16-36(34)38(37)23-28/h1-13,15-18,20-25,34H,14,19H2. The summed E-state index contributed by atoms with van der Waals surface area (Å²) in [5.74, 6) is 1.08. The van der Waals surface area contributed by atoms with Crippen LogP contribution in [0.15, 0.2) is 150 Å². The van der Waals surface area contributed by atoms with E-state index in [1.807, 2.05) is 30.4 Å². The monoisotopic (exact) mass is 638 g/mol. The van der Waals surface area contributed by atoms with Gasteiger partial charge in [-0.25, -0.2) is 9.97 Å². The summed E-state index contributed by atoms with van der Waals surface area (Å²) in [7, 11) is 6.31. The Balaban J connectivity index is 1.24. The second-order valence-electron chi connectivity index (χ2n) is 11.7. The molecule has 0 aliphatic heterocycles. The van der Waals surface area contributed by atoms with Crippen LogP contribution in [0.25, 0.3) is 56.0 Å². The van der Waals surface area contributed by atoms with Gasteiger partial charge in [0.05, 0.1) is 11.4 Å². The number of hydrogen-bond acceptors (Lipinski definition) is 2. The van der Waals surface area contributed by atoms with Gasteiger partial charge in [0, 0.05) is 17.0 Å². The van der Waals surface area contributed by atoms with Crippen molar-refractivity contribution in [3.63, 3.8) is 0 Å².